The molecule has 0 fully saturated rings. The van der Waals surface area contributed by atoms with Crippen molar-refractivity contribution < 1.29 is 19.2 Å². The number of hydrogen-bond donors (Lipinski definition) is 0. The van der Waals surface area contributed by atoms with Crippen LogP contribution in [0.1, 0.15) is 5.56 Å². The van der Waals surface area contributed by atoms with Crippen LogP contribution < -0.4 is 4.74 Å². The van der Waals surface area contributed by atoms with Crippen LogP contribution in [-0.2, 0) is 11.3 Å². The van der Waals surface area contributed by atoms with Crippen molar-refractivity contribution in [2.24, 2.45) is 0 Å². The minimum atomic E-state index is -0.880. The molecule has 8 nitrogen and oxygen atoms in total. The second-order valence-corrected chi connectivity index (χ2v) is 6.94. The molecule has 5 aromatic rings. The van der Waals surface area contributed by atoms with Gasteiger partial charge in [0.05, 0.1) is 16.0 Å². The van der Waals surface area contributed by atoms with Gasteiger partial charge in [0.25, 0.3) is 5.69 Å². The number of nitrogens with zero attached hydrogens (tertiary/aromatic N) is 3. The largest absolute Gasteiger partial charge is 0.514 e. The Hall–Kier alpha value is -4.46. The summed E-state index contributed by atoms with van der Waals surface area (Å²) in [6, 6.07) is 19.0. The highest BCUT2D eigenvalue weighted by atomic mass is 16.7. The summed E-state index contributed by atoms with van der Waals surface area (Å²) < 4.78 is 12.6. The Morgan fingerprint density at radius 1 is 1.00 bits per heavy atom. The lowest BCUT2D eigenvalue weighted by Gasteiger charge is -2.08. The summed E-state index contributed by atoms with van der Waals surface area (Å²) in [4.78, 5) is 27.2. The minimum absolute atomic E-state index is 0.0299. The van der Waals surface area contributed by atoms with Gasteiger partial charge in [-0.3, -0.25) is 10.1 Å². The van der Waals surface area contributed by atoms with Gasteiger partial charge in [0, 0.05) is 35.3 Å². The van der Waals surface area contributed by atoms with Crippen molar-refractivity contribution in [3.8, 4) is 5.75 Å². The first-order chi connectivity index (χ1) is 15.1. The molecule has 0 N–H and O–H groups in total. The molecule has 152 valence electrons. The van der Waals surface area contributed by atoms with Gasteiger partial charge in [-0.2, -0.15) is 0 Å². The standard InChI is InChI=1S/C23H15N3O5/c27-23(30-14-15-7-9-18(10-8-15)26(28)29)31-20-6-3-4-16-12-17-13-25-11-2-1-5-19(25)21(17)24-22(16)20/h1-13H,14H2. The third-order valence-electron chi connectivity index (χ3n) is 4.95. The summed E-state index contributed by atoms with van der Waals surface area (Å²) in [7, 11) is 0. The van der Waals surface area contributed by atoms with Gasteiger partial charge >= 0.3 is 6.16 Å². The van der Waals surface area contributed by atoms with E-state index in [4.69, 9.17) is 14.5 Å². The Kier molecular flexibility index (Phi) is 4.44. The van der Waals surface area contributed by atoms with Crippen molar-refractivity contribution in [2.45, 2.75) is 6.61 Å². The highest BCUT2D eigenvalue weighted by molar-refractivity contribution is 6.02. The molecule has 0 radical (unpaired) electrons. The fraction of sp³-hybridized carbons (Fsp3) is 0.0435. The first-order valence-electron chi connectivity index (χ1n) is 9.45. The number of nitro benzene ring substituents is 1. The molecule has 5 rings (SSSR count). The average molecular weight is 413 g/mol. The lowest BCUT2D eigenvalue weighted by Crippen LogP contribution is -2.11. The molecule has 0 unspecified atom stereocenters. The third kappa shape index (κ3) is 3.51. The second-order valence-electron chi connectivity index (χ2n) is 6.94. The number of para-hydroxylation sites is 1. The van der Waals surface area contributed by atoms with E-state index in [1.165, 1.54) is 24.3 Å². The number of hydrogen-bond acceptors (Lipinski definition) is 6. The number of fused-ring (bicyclic) bond motifs is 4. The number of aromatic nitrogens is 2. The zero-order valence-electron chi connectivity index (χ0n) is 16.1. The van der Waals surface area contributed by atoms with E-state index < -0.39 is 11.1 Å². The minimum Gasteiger partial charge on any atom is -0.429 e. The molecule has 0 aliphatic rings. The molecule has 8 heteroatoms. The Bertz CT molecular complexity index is 1460. The van der Waals surface area contributed by atoms with Gasteiger partial charge in [-0.15, -0.1) is 0 Å². The van der Waals surface area contributed by atoms with Crippen molar-refractivity contribution in [2.75, 3.05) is 0 Å². The molecule has 0 spiro atoms. The van der Waals surface area contributed by atoms with E-state index >= 15 is 0 Å². The molecular formula is C23H15N3O5. The van der Waals surface area contributed by atoms with Crippen molar-refractivity contribution in [1.82, 2.24) is 9.38 Å². The van der Waals surface area contributed by atoms with Crippen molar-refractivity contribution in [3.63, 3.8) is 0 Å². The zero-order chi connectivity index (χ0) is 21.4. The highest BCUT2D eigenvalue weighted by Crippen LogP contribution is 2.30. The van der Waals surface area contributed by atoms with Gasteiger partial charge in [0.2, 0.25) is 0 Å². The lowest BCUT2D eigenvalue weighted by atomic mass is 10.1. The van der Waals surface area contributed by atoms with E-state index in [2.05, 4.69) is 0 Å². The summed E-state index contributed by atoms with van der Waals surface area (Å²) in [6.45, 7) is -0.0661. The predicted molar refractivity (Wildman–Crippen MR) is 114 cm³/mol. The highest BCUT2D eigenvalue weighted by Gasteiger charge is 2.14. The predicted octanol–water partition coefficient (Wildman–Crippen LogP) is 5.26. The summed E-state index contributed by atoms with van der Waals surface area (Å²) in [5.74, 6) is 0.295. The van der Waals surface area contributed by atoms with E-state index in [-0.39, 0.29) is 12.3 Å². The fourth-order valence-corrected chi connectivity index (χ4v) is 3.47. The van der Waals surface area contributed by atoms with E-state index in [1.807, 2.05) is 47.1 Å². The number of rotatable bonds is 4. The van der Waals surface area contributed by atoms with E-state index in [1.54, 1.807) is 12.1 Å². The van der Waals surface area contributed by atoms with Crippen LogP contribution >= 0.6 is 0 Å². The van der Waals surface area contributed by atoms with Crippen LogP contribution in [-0.4, -0.2) is 20.5 Å². The van der Waals surface area contributed by atoms with Crippen LogP contribution in [0.5, 0.6) is 5.75 Å². The van der Waals surface area contributed by atoms with Crippen molar-refractivity contribution in [1.29, 1.82) is 0 Å². The number of pyridine rings is 2. The molecule has 0 aliphatic carbocycles. The van der Waals surface area contributed by atoms with Crippen molar-refractivity contribution in [3.05, 3.63) is 94.8 Å². The summed E-state index contributed by atoms with van der Waals surface area (Å²) >= 11 is 0. The maximum atomic E-state index is 12.2. The van der Waals surface area contributed by atoms with Crippen LogP contribution in [0.25, 0.3) is 27.3 Å². The monoisotopic (exact) mass is 413 g/mol. The van der Waals surface area contributed by atoms with Gasteiger partial charge in [0.15, 0.2) is 5.75 Å². The Balaban J connectivity index is 1.39. The first-order valence-corrected chi connectivity index (χ1v) is 9.45. The fourth-order valence-electron chi connectivity index (χ4n) is 3.47. The quantitative estimate of drug-likeness (QED) is 0.172. The molecular weight excluding hydrogens is 398 g/mol. The Morgan fingerprint density at radius 2 is 1.84 bits per heavy atom. The Morgan fingerprint density at radius 3 is 2.65 bits per heavy atom. The molecule has 3 heterocycles. The molecule has 0 saturated carbocycles. The molecule has 0 bridgehead atoms. The smallest absolute Gasteiger partial charge is 0.429 e. The van der Waals surface area contributed by atoms with E-state index in [0.717, 1.165) is 21.8 Å². The summed E-state index contributed by atoms with van der Waals surface area (Å²) in [5.41, 5.74) is 2.90. The number of carbonyl (C=O) groups is 1. The molecule has 0 saturated heterocycles. The molecule has 0 aliphatic heterocycles. The number of carbonyl (C=O) groups excluding carboxylic acids is 1. The summed E-state index contributed by atoms with van der Waals surface area (Å²) in [5, 5.41) is 12.5. The van der Waals surface area contributed by atoms with Crippen LogP contribution in [0.15, 0.2) is 79.1 Å². The SMILES string of the molecule is O=C(OCc1ccc([N+](=O)[O-])cc1)Oc1cccc2cc3cn4ccccc4c3nc12. The number of ether oxygens (including phenoxy) is 2. The van der Waals surface area contributed by atoms with Crippen molar-refractivity contribution >= 4 is 39.2 Å². The molecule has 3 aromatic heterocycles. The second kappa shape index (κ2) is 7.42. The molecule has 0 amide bonds. The third-order valence-corrected chi connectivity index (χ3v) is 4.95. The first kappa shape index (κ1) is 18.6. The maximum Gasteiger partial charge on any atom is 0.514 e. The van der Waals surface area contributed by atoms with Gasteiger partial charge in [-0.1, -0.05) is 18.2 Å². The van der Waals surface area contributed by atoms with E-state index in [0.29, 0.717) is 16.8 Å². The van der Waals surface area contributed by atoms with Crippen LogP contribution in [0.4, 0.5) is 10.5 Å². The van der Waals surface area contributed by atoms with E-state index in [9.17, 15) is 14.9 Å². The number of non-ortho nitro benzene ring substituents is 1. The Labute approximate surface area is 175 Å². The number of benzene rings is 2. The van der Waals surface area contributed by atoms with Crippen LogP contribution in [0, 0.1) is 10.1 Å². The normalized spacial score (nSPS) is 11.1. The van der Waals surface area contributed by atoms with Gasteiger partial charge in [0.1, 0.15) is 12.1 Å². The topological polar surface area (TPSA) is 96.0 Å². The van der Waals surface area contributed by atoms with Gasteiger partial charge in [-0.25, -0.2) is 9.78 Å². The average Bonchev–Trinajstić information content (AvgIpc) is 3.14. The van der Waals surface area contributed by atoms with Gasteiger partial charge < -0.3 is 13.9 Å². The molecule has 31 heavy (non-hydrogen) atoms. The number of nitro groups is 1. The van der Waals surface area contributed by atoms with Gasteiger partial charge in [-0.05, 0) is 42.0 Å². The molecule has 2 aromatic carbocycles. The lowest BCUT2D eigenvalue weighted by molar-refractivity contribution is -0.384. The zero-order valence-corrected chi connectivity index (χ0v) is 16.1. The summed E-state index contributed by atoms with van der Waals surface area (Å²) in [6.07, 6.45) is 3.08. The van der Waals surface area contributed by atoms with Crippen LogP contribution in [0.2, 0.25) is 0 Å². The maximum absolute atomic E-state index is 12.2. The molecule has 0 atom stereocenters. The van der Waals surface area contributed by atoms with Crippen LogP contribution in [0.3, 0.4) is 0 Å².